The Balaban J connectivity index is 1.46. The van der Waals surface area contributed by atoms with Gasteiger partial charge in [0.1, 0.15) is 0 Å². The number of rotatable bonds is 5. The van der Waals surface area contributed by atoms with E-state index in [0.717, 1.165) is 19.5 Å². The van der Waals surface area contributed by atoms with Crippen LogP contribution in [-0.4, -0.2) is 30.2 Å². The van der Waals surface area contributed by atoms with Crippen LogP contribution < -0.4 is 10.2 Å². The standard InChI is InChI=1S/C19H25N3/c1-16(15-18-7-5-6-12-20-18)21-17-10-13-22(14-11-17)19-8-3-2-4-9-19/h2-9,12,16-17,21H,10-11,13-15H2,1H3. The van der Waals surface area contributed by atoms with Crippen molar-refractivity contribution in [3.05, 3.63) is 60.4 Å². The van der Waals surface area contributed by atoms with E-state index >= 15 is 0 Å². The van der Waals surface area contributed by atoms with Crippen molar-refractivity contribution in [2.24, 2.45) is 0 Å². The summed E-state index contributed by atoms with van der Waals surface area (Å²) in [5, 5.41) is 3.77. The fourth-order valence-electron chi connectivity index (χ4n) is 3.24. The van der Waals surface area contributed by atoms with Crippen LogP contribution in [0.15, 0.2) is 54.7 Å². The minimum absolute atomic E-state index is 0.475. The summed E-state index contributed by atoms with van der Waals surface area (Å²) in [7, 11) is 0. The number of hydrogen-bond acceptors (Lipinski definition) is 3. The van der Waals surface area contributed by atoms with Crippen molar-refractivity contribution in [1.82, 2.24) is 10.3 Å². The summed E-state index contributed by atoms with van der Waals surface area (Å²) in [5.41, 5.74) is 2.52. The van der Waals surface area contributed by atoms with Gasteiger partial charge in [0.05, 0.1) is 0 Å². The third-order valence-electron chi connectivity index (χ3n) is 4.38. The van der Waals surface area contributed by atoms with Crippen LogP contribution in [0.25, 0.3) is 0 Å². The fraction of sp³-hybridized carbons (Fsp3) is 0.421. The van der Waals surface area contributed by atoms with Gasteiger partial charge in [-0.25, -0.2) is 0 Å². The maximum atomic E-state index is 4.42. The maximum Gasteiger partial charge on any atom is 0.0419 e. The van der Waals surface area contributed by atoms with Gasteiger partial charge in [0.25, 0.3) is 0 Å². The fourth-order valence-corrected chi connectivity index (χ4v) is 3.24. The lowest BCUT2D eigenvalue weighted by atomic mass is 10.0. The Labute approximate surface area is 133 Å². The van der Waals surface area contributed by atoms with Crippen molar-refractivity contribution in [2.75, 3.05) is 18.0 Å². The Morgan fingerprint density at radius 2 is 1.82 bits per heavy atom. The van der Waals surface area contributed by atoms with Crippen LogP contribution in [0.1, 0.15) is 25.5 Å². The first kappa shape index (κ1) is 15.0. The molecule has 1 aliphatic rings. The molecule has 1 N–H and O–H groups in total. The average Bonchev–Trinajstić information content (AvgIpc) is 2.57. The molecule has 0 radical (unpaired) electrons. The highest BCUT2D eigenvalue weighted by atomic mass is 15.1. The summed E-state index contributed by atoms with van der Waals surface area (Å²) in [5.74, 6) is 0. The number of nitrogens with one attached hydrogen (secondary N) is 1. The van der Waals surface area contributed by atoms with Crippen LogP contribution in [0.5, 0.6) is 0 Å². The highest BCUT2D eigenvalue weighted by Crippen LogP contribution is 2.19. The van der Waals surface area contributed by atoms with Crippen LogP contribution in [0.4, 0.5) is 5.69 Å². The number of hydrogen-bond donors (Lipinski definition) is 1. The lowest BCUT2D eigenvalue weighted by Crippen LogP contribution is -2.46. The molecule has 1 aromatic heterocycles. The Morgan fingerprint density at radius 1 is 1.09 bits per heavy atom. The Kier molecular flexibility index (Phi) is 5.07. The molecule has 0 bridgehead atoms. The highest BCUT2D eigenvalue weighted by molar-refractivity contribution is 5.46. The first-order chi connectivity index (χ1) is 10.8. The second-order valence-corrected chi connectivity index (χ2v) is 6.19. The zero-order chi connectivity index (χ0) is 15.2. The molecule has 1 fully saturated rings. The summed E-state index contributed by atoms with van der Waals surface area (Å²) in [4.78, 5) is 6.90. The molecule has 3 nitrogen and oxygen atoms in total. The zero-order valence-electron chi connectivity index (χ0n) is 13.3. The van der Waals surface area contributed by atoms with Gasteiger partial charge >= 0.3 is 0 Å². The second kappa shape index (κ2) is 7.41. The summed E-state index contributed by atoms with van der Waals surface area (Å²) in [6.07, 6.45) is 5.29. The van der Waals surface area contributed by atoms with Gasteiger partial charge < -0.3 is 10.2 Å². The molecule has 1 saturated heterocycles. The van der Waals surface area contributed by atoms with E-state index in [1.807, 2.05) is 12.3 Å². The molecule has 116 valence electrons. The molecule has 2 aromatic rings. The second-order valence-electron chi connectivity index (χ2n) is 6.19. The first-order valence-corrected chi connectivity index (χ1v) is 8.27. The molecular formula is C19H25N3. The van der Waals surface area contributed by atoms with E-state index in [9.17, 15) is 0 Å². The van der Waals surface area contributed by atoms with Gasteiger partial charge in [-0.1, -0.05) is 24.3 Å². The third-order valence-corrected chi connectivity index (χ3v) is 4.38. The van der Waals surface area contributed by atoms with Gasteiger partial charge in [0.15, 0.2) is 0 Å². The molecule has 0 spiro atoms. The molecule has 1 unspecified atom stereocenters. The molecular weight excluding hydrogens is 270 g/mol. The number of benzene rings is 1. The SMILES string of the molecule is CC(Cc1ccccn1)NC1CCN(c2ccccc2)CC1. The van der Waals surface area contributed by atoms with E-state index in [-0.39, 0.29) is 0 Å². The van der Waals surface area contributed by atoms with Gasteiger partial charge in [0.2, 0.25) is 0 Å². The number of anilines is 1. The van der Waals surface area contributed by atoms with E-state index in [1.54, 1.807) is 0 Å². The summed E-state index contributed by atoms with van der Waals surface area (Å²) in [6.45, 7) is 4.54. The Morgan fingerprint density at radius 3 is 2.50 bits per heavy atom. The predicted molar refractivity (Wildman–Crippen MR) is 92.2 cm³/mol. The quantitative estimate of drug-likeness (QED) is 0.917. The highest BCUT2D eigenvalue weighted by Gasteiger charge is 2.20. The van der Waals surface area contributed by atoms with Crippen molar-refractivity contribution in [2.45, 2.75) is 38.3 Å². The van der Waals surface area contributed by atoms with E-state index in [2.05, 4.69) is 64.6 Å². The maximum absolute atomic E-state index is 4.42. The molecule has 2 heterocycles. The summed E-state index contributed by atoms with van der Waals surface area (Å²) >= 11 is 0. The zero-order valence-corrected chi connectivity index (χ0v) is 13.3. The van der Waals surface area contributed by atoms with Crippen molar-refractivity contribution in [1.29, 1.82) is 0 Å². The van der Waals surface area contributed by atoms with Gasteiger partial charge in [-0.2, -0.15) is 0 Å². The minimum atomic E-state index is 0.475. The molecule has 1 atom stereocenters. The van der Waals surface area contributed by atoms with Crippen molar-refractivity contribution >= 4 is 5.69 Å². The van der Waals surface area contributed by atoms with Gasteiger partial charge in [0, 0.05) is 49.2 Å². The number of piperidine rings is 1. The van der Waals surface area contributed by atoms with E-state index in [4.69, 9.17) is 0 Å². The van der Waals surface area contributed by atoms with Crippen molar-refractivity contribution in [3.8, 4) is 0 Å². The predicted octanol–water partition coefficient (Wildman–Crippen LogP) is 3.27. The minimum Gasteiger partial charge on any atom is -0.371 e. The number of nitrogens with zero attached hydrogens (tertiary/aromatic N) is 2. The lowest BCUT2D eigenvalue weighted by molar-refractivity contribution is 0.374. The normalized spacial score (nSPS) is 17.4. The number of para-hydroxylation sites is 1. The smallest absolute Gasteiger partial charge is 0.0419 e. The molecule has 1 aromatic carbocycles. The van der Waals surface area contributed by atoms with Crippen LogP contribution in [0.2, 0.25) is 0 Å². The van der Waals surface area contributed by atoms with Crippen LogP contribution in [-0.2, 0) is 6.42 Å². The molecule has 3 heteroatoms. The molecule has 0 aliphatic carbocycles. The van der Waals surface area contributed by atoms with Crippen molar-refractivity contribution in [3.63, 3.8) is 0 Å². The molecule has 3 rings (SSSR count). The van der Waals surface area contributed by atoms with Gasteiger partial charge in [-0.3, -0.25) is 4.98 Å². The van der Waals surface area contributed by atoms with Crippen LogP contribution in [0.3, 0.4) is 0 Å². The number of pyridine rings is 1. The first-order valence-electron chi connectivity index (χ1n) is 8.27. The summed E-state index contributed by atoms with van der Waals surface area (Å²) in [6, 6.07) is 18.0. The monoisotopic (exact) mass is 295 g/mol. The van der Waals surface area contributed by atoms with Crippen LogP contribution in [0, 0.1) is 0 Å². The van der Waals surface area contributed by atoms with E-state index in [1.165, 1.54) is 24.2 Å². The average molecular weight is 295 g/mol. The van der Waals surface area contributed by atoms with Crippen molar-refractivity contribution < 1.29 is 0 Å². The Hall–Kier alpha value is -1.87. The van der Waals surface area contributed by atoms with Gasteiger partial charge in [-0.15, -0.1) is 0 Å². The number of aromatic nitrogens is 1. The largest absolute Gasteiger partial charge is 0.371 e. The molecule has 0 amide bonds. The molecule has 22 heavy (non-hydrogen) atoms. The lowest BCUT2D eigenvalue weighted by Gasteiger charge is -2.35. The molecule has 1 aliphatic heterocycles. The third kappa shape index (κ3) is 4.08. The summed E-state index contributed by atoms with van der Waals surface area (Å²) < 4.78 is 0. The van der Waals surface area contributed by atoms with E-state index < -0.39 is 0 Å². The van der Waals surface area contributed by atoms with Crippen LogP contribution >= 0.6 is 0 Å². The topological polar surface area (TPSA) is 28.2 Å². The Bertz CT molecular complexity index is 547. The van der Waals surface area contributed by atoms with E-state index in [0.29, 0.717) is 12.1 Å². The molecule has 0 saturated carbocycles. The van der Waals surface area contributed by atoms with Gasteiger partial charge in [-0.05, 0) is 44.0 Å².